The van der Waals surface area contributed by atoms with E-state index in [4.69, 9.17) is 0 Å². The zero-order valence-corrected chi connectivity index (χ0v) is 11.8. The van der Waals surface area contributed by atoms with E-state index >= 15 is 0 Å². The van der Waals surface area contributed by atoms with E-state index in [1.165, 1.54) is 18.2 Å². The summed E-state index contributed by atoms with van der Waals surface area (Å²) in [6.45, 7) is 3.00. The maximum absolute atomic E-state index is 13.0. The van der Waals surface area contributed by atoms with Gasteiger partial charge < -0.3 is 5.32 Å². The zero-order valence-electron chi connectivity index (χ0n) is 10.9. The molecular formula is C13H19FN2O2S. The number of hydrogen-bond acceptors (Lipinski definition) is 3. The summed E-state index contributed by atoms with van der Waals surface area (Å²) in [5.41, 5.74) is 0.423. The van der Waals surface area contributed by atoms with Crippen LogP contribution in [0.15, 0.2) is 23.1 Å². The van der Waals surface area contributed by atoms with E-state index in [0.29, 0.717) is 18.2 Å². The standard InChI is InChI=1S/C13H19FN2O2S/c1-10-9-11(14)4-5-13(10)19(17,18)16-8-6-12-3-2-7-15-12/h4-5,9,12,15-16H,2-3,6-8H2,1H3. The van der Waals surface area contributed by atoms with E-state index in [2.05, 4.69) is 10.0 Å². The first-order valence-electron chi connectivity index (χ1n) is 6.48. The Morgan fingerprint density at radius 1 is 1.47 bits per heavy atom. The summed E-state index contributed by atoms with van der Waals surface area (Å²) < 4.78 is 39.7. The molecule has 0 bridgehead atoms. The van der Waals surface area contributed by atoms with Crippen molar-refractivity contribution in [1.82, 2.24) is 10.0 Å². The lowest BCUT2D eigenvalue weighted by Gasteiger charge is -2.12. The molecule has 6 heteroatoms. The summed E-state index contributed by atoms with van der Waals surface area (Å²) in [5, 5.41) is 3.32. The molecule has 0 saturated carbocycles. The van der Waals surface area contributed by atoms with Crippen LogP contribution in [-0.4, -0.2) is 27.5 Å². The molecule has 1 aliphatic rings. The molecule has 0 spiro atoms. The first kappa shape index (κ1) is 14.4. The van der Waals surface area contributed by atoms with Gasteiger partial charge in [0.1, 0.15) is 5.82 Å². The Labute approximate surface area is 113 Å². The van der Waals surface area contributed by atoms with Crippen LogP contribution in [0.2, 0.25) is 0 Å². The molecule has 0 aliphatic carbocycles. The molecule has 0 amide bonds. The first-order chi connectivity index (χ1) is 8.99. The van der Waals surface area contributed by atoms with Gasteiger partial charge >= 0.3 is 0 Å². The quantitative estimate of drug-likeness (QED) is 0.863. The molecule has 0 aromatic heterocycles. The van der Waals surface area contributed by atoms with Crippen LogP contribution >= 0.6 is 0 Å². The third kappa shape index (κ3) is 3.75. The Bertz CT molecular complexity index is 540. The number of halogens is 1. The fourth-order valence-electron chi connectivity index (χ4n) is 2.36. The SMILES string of the molecule is Cc1cc(F)ccc1S(=O)(=O)NCCC1CCCN1. The van der Waals surface area contributed by atoms with E-state index in [-0.39, 0.29) is 4.90 Å². The zero-order chi connectivity index (χ0) is 13.9. The van der Waals surface area contributed by atoms with E-state index in [0.717, 1.165) is 25.8 Å². The van der Waals surface area contributed by atoms with Crippen molar-refractivity contribution in [3.05, 3.63) is 29.6 Å². The van der Waals surface area contributed by atoms with Gasteiger partial charge in [-0.3, -0.25) is 0 Å². The molecule has 2 N–H and O–H groups in total. The second-order valence-electron chi connectivity index (χ2n) is 4.89. The topological polar surface area (TPSA) is 58.2 Å². The van der Waals surface area contributed by atoms with Gasteiger partial charge in [-0.1, -0.05) is 0 Å². The summed E-state index contributed by atoms with van der Waals surface area (Å²) in [5.74, 6) is -0.424. The Morgan fingerprint density at radius 2 is 2.26 bits per heavy atom. The summed E-state index contributed by atoms with van der Waals surface area (Å²) in [7, 11) is -3.54. The number of aryl methyl sites for hydroxylation is 1. The fraction of sp³-hybridized carbons (Fsp3) is 0.538. The molecule has 1 aromatic carbocycles. The number of benzene rings is 1. The highest BCUT2D eigenvalue weighted by atomic mass is 32.2. The maximum atomic E-state index is 13.0. The van der Waals surface area contributed by atoms with Crippen molar-refractivity contribution >= 4 is 10.0 Å². The van der Waals surface area contributed by atoms with Crippen molar-refractivity contribution in [3.63, 3.8) is 0 Å². The van der Waals surface area contributed by atoms with Gasteiger partial charge in [-0.25, -0.2) is 17.5 Å². The van der Waals surface area contributed by atoms with Crippen LogP contribution in [0.1, 0.15) is 24.8 Å². The van der Waals surface area contributed by atoms with Crippen molar-refractivity contribution in [2.75, 3.05) is 13.1 Å². The molecule has 4 nitrogen and oxygen atoms in total. The van der Waals surface area contributed by atoms with Gasteiger partial charge in [0.15, 0.2) is 0 Å². The third-order valence-electron chi connectivity index (χ3n) is 3.37. The molecule has 1 fully saturated rings. The second kappa shape index (κ2) is 5.98. The van der Waals surface area contributed by atoms with Crippen molar-refractivity contribution in [2.45, 2.75) is 37.1 Å². The molecule has 106 valence electrons. The van der Waals surface area contributed by atoms with Gasteiger partial charge in [-0.2, -0.15) is 0 Å². The van der Waals surface area contributed by atoms with Gasteiger partial charge in [0.25, 0.3) is 0 Å². The van der Waals surface area contributed by atoms with Crippen molar-refractivity contribution in [2.24, 2.45) is 0 Å². The summed E-state index contributed by atoms with van der Waals surface area (Å²) >= 11 is 0. The molecular weight excluding hydrogens is 267 g/mol. The Morgan fingerprint density at radius 3 is 2.89 bits per heavy atom. The number of hydrogen-bond donors (Lipinski definition) is 2. The third-order valence-corrected chi connectivity index (χ3v) is 5.00. The molecule has 1 saturated heterocycles. The lowest BCUT2D eigenvalue weighted by molar-refractivity contribution is 0.539. The van der Waals surface area contributed by atoms with Crippen LogP contribution in [0.5, 0.6) is 0 Å². The van der Waals surface area contributed by atoms with E-state index in [1.807, 2.05) is 0 Å². The Hall–Kier alpha value is -0.980. The molecule has 1 atom stereocenters. The van der Waals surface area contributed by atoms with Crippen LogP contribution < -0.4 is 10.0 Å². The van der Waals surface area contributed by atoms with Gasteiger partial charge in [-0.15, -0.1) is 0 Å². The van der Waals surface area contributed by atoms with Crippen molar-refractivity contribution < 1.29 is 12.8 Å². The molecule has 1 aromatic rings. The molecule has 19 heavy (non-hydrogen) atoms. The molecule has 1 heterocycles. The minimum Gasteiger partial charge on any atom is -0.314 e. The smallest absolute Gasteiger partial charge is 0.240 e. The van der Waals surface area contributed by atoms with Gasteiger partial charge in [0, 0.05) is 12.6 Å². The van der Waals surface area contributed by atoms with E-state index in [9.17, 15) is 12.8 Å². The van der Waals surface area contributed by atoms with Gasteiger partial charge in [-0.05, 0) is 56.5 Å². The van der Waals surface area contributed by atoms with E-state index in [1.54, 1.807) is 6.92 Å². The molecule has 1 aliphatic heterocycles. The van der Waals surface area contributed by atoms with E-state index < -0.39 is 15.8 Å². The minimum absolute atomic E-state index is 0.147. The number of rotatable bonds is 5. The first-order valence-corrected chi connectivity index (χ1v) is 7.96. The number of sulfonamides is 1. The minimum atomic E-state index is -3.54. The van der Waals surface area contributed by atoms with Gasteiger partial charge in [0.2, 0.25) is 10.0 Å². The lowest BCUT2D eigenvalue weighted by Crippen LogP contribution is -2.31. The molecule has 1 unspecified atom stereocenters. The second-order valence-corrected chi connectivity index (χ2v) is 6.62. The average Bonchev–Trinajstić information content (AvgIpc) is 2.81. The fourth-order valence-corrected chi connectivity index (χ4v) is 3.63. The Kier molecular flexibility index (Phi) is 4.54. The predicted molar refractivity (Wildman–Crippen MR) is 72.0 cm³/mol. The maximum Gasteiger partial charge on any atom is 0.240 e. The molecule has 0 radical (unpaired) electrons. The highest BCUT2D eigenvalue weighted by Crippen LogP contribution is 2.16. The Balaban J connectivity index is 1.97. The van der Waals surface area contributed by atoms with Crippen LogP contribution in [0, 0.1) is 12.7 Å². The van der Waals surface area contributed by atoms with Crippen LogP contribution in [0.3, 0.4) is 0 Å². The predicted octanol–water partition coefficient (Wildman–Crippen LogP) is 1.55. The van der Waals surface area contributed by atoms with Crippen molar-refractivity contribution in [3.8, 4) is 0 Å². The summed E-state index contributed by atoms with van der Waals surface area (Å²) in [6, 6.07) is 4.10. The lowest BCUT2D eigenvalue weighted by atomic mass is 10.2. The monoisotopic (exact) mass is 286 g/mol. The average molecular weight is 286 g/mol. The summed E-state index contributed by atoms with van der Waals surface area (Å²) in [4.78, 5) is 0.147. The summed E-state index contributed by atoms with van der Waals surface area (Å²) in [6.07, 6.45) is 3.02. The number of nitrogens with one attached hydrogen (secondary N) is 2. The largest absolute Gasteiger partial charge is 0.314 e. The normalized spacial score (nSPS) is 19.8. The van der Waals surface area contributed by atoms with Gasteiger partial charge in [0.05, 0.1) is 4.90 Å². The van der Waals surface area contributed by atoms with Crippen LogP contribution in [0.25, 0.3) is 0 Å². The highest BCUT2D eigenvalue weighted by molar-refractivity contribution is 7.89. The van der Waals surface area contributed by atoms with Crippen LogP contribution in [0.4, 0.5) is 4.39 Å². The van der Waals surface area contributed by atoms with Crippen molar-refractivity contribution in [1.29, 1.82) is 0 Å². The van der Waals surface area contributed by atoms with Crippen LogP contribution in [-0.2, 0) is 10.0 Å². The molecule has 2 rings (SSSR count). The highest BCUT2D eigenvalue weighted by Gasteiger charge is 2.18.